The number of piperidine rings is 1. The van der Waals surface area contributed by atoms with E-state index in [9.17, 15) is 4.79 Å². The Hall–Kier alpha value is -2.86. The largest absolute Gasteiger partial charge is 0.486 e. The molecule has 2 heterocycles. The van der Waals surface area contributed by atoms with Crippen LogP contribution in [-0.4, -0.2) is 47.0 Å². The molecule has 1 N–H and O–H groups in total. The van der Waals surface area contributed by atoms with Crippen LogP contribution in [0.25, 0.3) is 11.0 Å². The van der Waals surface area contributed by atoms with Crippen molar-refractivity contribution in [2.24, 2.45) is 5.92 Å². The molecule has 1 unspecified atom stereocenters. The lowest BCUT2D eigenvalue weighted by Gasteiger charge is -2.33. The minimum absolute atomic E-state index is 0.148. The number of imidazole rings is 1. The van der Waals surface area contributed by atoms with Crippen LogP contribution in [0.4, 0.5) is 0 Å². The highest BCUT2D eigenvalue weighted by Crippen LogP contribution is 2.20. The Morgan fingerprint density at radius 2 is 1.97 bits per heavy atom. The Morgan fingerprint density at radius 3 is 2.79 bits per heavy atom. The lowest BCUT2D eigenvalue weighted by atomic mass is 9.98. The average molecular weight is 393 g/mol. The van der Waals surface area contributed by atoms with Crippen molar-refractivity contribution in [3.63, 3.8) is 0 Å². The Bertz CT molecular complexity index is 952. The molecule has 2 aromatic carbocycles. The Balaban J connectivity index is 1.53. The molecule has 3 aromatic rings. The molecule has 1 saturated heterocycles. The third kappa shape index (κ3) is 4.59. The van der Waals surface area contributed by atoms with E-state index in [4.69, 9.17) is 9.72 Å². The van der Waals surface area contributed by atoms with Crippen molar-refractivity contribution < 1.29 is 9.53 Å². The van der Waals surface area contributed by atoms with Crippen LogP contribution in [0.2, 0.25) is 0 Å². The van der Waals surface area contributed by atoms with Gasteiger partial charge in [0.15, 0.2) is 0 Å². The van der Waals surface area contributed by atoms with Crippen molar-refractivity contribution in [2.45, 2.75) is 26.0 Å². The standard InChI is InChI=1S/C23H28N4O2/c1-24-14-18-8-7-13-26(15-18)23(28)16-27-21-12-6-5-11-20(21)25-22(27)17-29-19-9-3-2-4-10-19/h2-6,9-12,18,24H,7-8,13-17H2,1H3. The molecule has 4 rings (SSSR count). The molecule has 0 radical (unpaired) electrons. The summed E-state index contributed by atoms with van der Waals surface area (Å²) in [6.07, 6.45) is 2.24. The predicted octanol–water partition coefficient (Wildman–Crippen LogP) is 3.07. The number of fused-ring (bicyclic) bond motifs is 1. The molecule has 1 amide bonds. The normalized spacial score (nSPS) is 16.9. The molecule has 6 heteroatoms. The van der Waals surface area contributed by atoms with Gasteiger partial charge in [-0.05, 0) is 56.6 Å². The van der Waals surface area contributed by atoms with Gasteiger partial charge >= 0.3 is 0 Å². The molecule has 1 atom stereocenters. The molecule has 1 aliphatic heterocycles. The second kappa shape index (κ2) is 9.09. The first-order chi connectivity index (χ1) is 14.2. The highest BCUT2D eigenvalue weighted by atomic mass is 16.5. The van der Waals surface area contributed by atoms with E-state index < -0.39 is 0 Å². The Labute approximate surface area is 171 Å². The number of para-hydroxylation sites is 3. The summed E-state index contributed by atoms with van der Waals surface area (Å²) < 4.78 is 7.92. The third-order valence-corrected chi connectivity index (χ3v) is 5.50. The van der Waals surface area contributed by atoms with Crippen LogP contribution in [0.15, 0.2) is 54.6 Å². The fraction of sp³-hybridized carbons (Fsp3) is 0.391. The van der Waals surface area contributed by atoms with Gasteiger partial charge in [-0.25, -0.2) is 4.98 Å². The van der Waals surface area contributed by atoms with E-state index in [0.29, 0.717) is 19.1 Å². The lowest BCUT2D eigenvalue weighted by Crippen LogP contribution is -2.43. The van der Waals surface area contributed by atoms with Gasteiger partial charge in [-0.2, -0.15) is 0 Å². The first kappa shape index (κ1) is 19.5. The van der Waals surface area contributed by atoms with E-state index in [1.54, 1.807) is 0 Å². The Morgan fingerprint density at radius 1 is 1.17 bits per heavy atom. The van der Waals surface area contributed by atoms with Crippen molar-refractivity contribution in [3.8, 4) is 5.75 Å². The van der Waals surface area contributed by atoms with Crippen LogP contribution in [0, 0.1) is 5.92 Å². The molecule has 29 heavy (non-hydrogen) atoms. The zero-order chi connectivity index (χ0) is 20.1. The van der Waals surface area contributed by atoms with Crippen molar-refractivity contribution in [1.29, 1.82) is 0 Å². The van der Waals surface area contributed by atoms with E-state index in [2.05, 4.69) is 5.32 Å². The van der Waals surface area contributed by atoms with Gasteiger partial charge in [-0.15, -0.1) is 0 Å². The van der Waals surface area contributed by atoms with Gasteiger partial charge < -0.3 is 19.5 Å². The molecule has 0 saturated carbocycles. The van der Waals surface area contributed by atoms with Crippen LogP contribution < -0.4 is 10.1 Å². The maximum atomic E-state index is 13.1. The van der Waals surface area contributed by atoms with Gasteiger partial charge in [0.1, 0.15) is 24.7 Å². The van der Waals surface area contributed by atoms with Gasteiger partial charge in [0, 0.05) is 13.1 Å². The highest BCUT2D eigenvalue weighted by Gasteiger charge is 2.24. The molecule has 0 bridgehead atoms. The highest BCUT2D eigenvalue weighted by molar-refractivity contribution is 5.81. The topological polar surface area (TPSA) is 59.4 Å². The summed E-state index contributed by atoms with van der Waals surface area (Å²) in [5.74, 6) is 2.24. The van der Waals surface area contributed by atoms with Crippen molar-refractivity contribution in [3.05, 3.63) is 60.4 Å². The van der Waals surface area contributed by atoms with Gasteiger partial charge in [0.2, 0.25) is 5.91 Å². The second-order valence-corrected chi connectivity index (χ2v) is 7.61. The van der Waals surface area contributed by atoms with E-state index in [0.717, 1.165) is 48.7 Å². The van der Waals surface area contributed by atoms with Gasteiger partial charge in [0.25, 0.3) is 0 Å². The fourth-order valence-electron chi connectivity index (χ4n) is 4.06. The van der Waals surface area contributed by atoms with Crippen LogP contribution in [0.1, 0.15) is 18.7 Å². The summed E-state index contributed by atoms with van der Waals surface area (Å²) in [5.41, 5.74) is 1.86. The number of benzene rings is 2. The van der Waals surface area contributed by atoms with Gasteiger partial charge in [-0.1, -0.05) is 30.3 Å². The number of ether oxygens (including phenoxy) is 1. The van der Waals surface area contributed by atoms with Crippen LogP contribution in [0.5, 0.6) is 5.75 Å². The average Bonchev–Trinajstić information content (AvgIpc) is 3.11. The van der Waals surface area contributed by atoms with Crippen LogP contribution >= 0.6 is 0 Å². The number of carbonyl (C=O) groups excluding carboxylic acids is 1. The number of amides is 1. The minimum Gasteiger partial charge on any atom is -0.486 e. The first-order valence-electron chi connectivity index (χ1n) is 10.3. The number of hydrogen-bond donors (Lipinski definition) is 1. The SMILES string of the molecule is CNCC1CCCN(C(=O)Cn2c(COc3ccccc3)nc3ccccc32)C1. The first-order valence-corrected chi connectivity index (χ1v) is 10.3. The van der Waals surface area contributed by atoms with Crippen molar-refractivity contribution in [2.75, 3.05) is 26.7 Å². The number of likely N-dealkylation sites (tertiary alicyclic amines) is 1. The molecular formula is C23H28N4O2. The molecule has 0 spiro atoms. The summed E-state index contributed by atoms with van der Waals surface area (Å²) in [4.78, 5) is 19.8. The van der Waals surface area contributed by atoms with Crippen LogP contribution in [0.3, 0.4) is 0 Å². The fourth-order valence-corrected chi connectivity index (χ4v) is 4.06. The van der Waals surface area contributed by atoms with Crippen molar-refractivity contribution in [1.82, 2.24) is 19.8 Å². The van der Waals surface area contributed by atoms with E-state index >= 15 is 0 Å². The molecule has 1 aliphatic rings. The quantitative estimate of drug-likeness (QED) is 0.671. The second-order valence-electron chi connectivity index (χ2n) is 7.61. The summed E-state index contributed by atoms with van der Waals surface area (Å²) in [6, 6.07) is 17.6. The summed E-state index contributed by atoms with van der Waals surface area (Å²) in [6.45, 7) is 3.23. The third-order valence-electron chi connectivity index (χ3n) is 5.50. The van der Waals surface area contributed by atoms with Gasteiger partial charge in [-0.3, -0.25) is 4.79 Å². The summed E-state index contributed by atoms with van der Waals surface area (Å²) >= 11 is 0. The number of nitrogens with zero attached hydrogens (tertiary/aromatic N) is 3. The monoisotopic (exact) mass is 392 g/mol. The zero-order valence-electron chi connectivity index (χ0n) is 16.9. The number of carbonyl (C=O) groups is 1. The number of nitrogens with one attached hydrogen (secondary N) is 1. The van der Waals surface area contributed by atoms with E-state index in [1.165, 1.54) is 6.42 Å². The summed E-state index contributed by atoms with van der Waals surface area (Å²) in [5, 5.41) is 3.24. The van der Waals surface area contributed by atoms with Crippen LogP contribution in [-0.2, 0) is 17.9 Å². The maximum Gasteiger partial charge on any atom is 0.242 e. The smallest absolute Gasteiger partial charge is 0.242 e. The molecule has 6 nitrogen and oxygen atoms in total. The maximum absolute atomic E-state index is 13.1. The summed E-state index contributed by atoms with van der Waals surface area (Å²) in [7, 11) is 1.97. The minimum atomic E-state index is 0.148. The molecule has 1 fully saturated rings. The number of hydrogen-bond acceptors (Lipinski definition) is 4. The lowest BCUT2D eigenvalue weighted by molar-refractivity contribution is -0.133. The zero-order valence-corrected chi connectivity index (χ0v) is 16.9. The number of rotatable bonds is 7. The molecule has 0 aliphatic carbocycles. The molecule has 152 valence electrons. The van der Waals surface area contributed by atoms with Crippen molar-refractivity contribution >= 4 is 16.9 Å². The van der Waals surface area contributed by atoms with Gasteiger partial charge in [0.05, 0.1) is 11.0 Å². The Kier molecular flexibility index (Phi) is 6.10. The molecule has 1 aromatic heterocycles. The predicted molar refractivity (Wildman–Crippen MR) is 114 cm³/mol. The van der Waals surface area contributed by atoms with E-state index in [1.807, 2.05) is 71.1 Å². The number of aromatic nitrogens is 2. The molecular weight excluding hydrogens is 364 g/mol. The van der Waals surface area contributed by atoms with E-state index in [-0.39, 0.29) is 5.91 Å².